The second kappa shape index (κ2) is 8.10. The van der Waals surface area contributed by atoms with Crippen molar-refractivity contribution in [3.05, 3.63) is 78.2 Å². The third-order valence-electron chi connectivity index (χ3n) is 6.91. The molecule has 2 fully saturated rings. The molecule has 6 heteroatoms. The Morgan fingerprint density at radius 1 is 1.09 bits per heavy atom. The maximum absolute atomic E-state index is 14.0. The van der Waals surface area contributed by atoms with E-state index in [9.17, 15) is 4.79 Å². The molecule has 2 aliphatic rings. The minimum atomic E-state index is 0.116. The molecule has 33 heavy (non-hydrogen) atoms. The highest BCUT2D eigenvalue weighted by atomic mass is 16.2. The minimum absolute atomic E-state index is 0.116. The van der Waals surface area contributed by atoms with Gasteiger partial charge in [-0.05, 0) is 62.3 Å². The maximum atomic E-state index is 14.0. The second-order valence-corrected chi connectivity index (χ2v) is 9.34. The molecule has 6 nitrogen and oxygen atoms in total. The van der Waals surface area contributed by atoms with Crippen LogP contribution in [0.3, 0.4) is 0 Å². The van der Waals surface area contributed by atoms with Crippen molar-refractivity contribution in [2.75, 3.05) is 0 Å². The van der Waals surface area contributed by atoms with Crippen molar-refractivity contribution >= 4 is 16.9 Å². The fourth-order valence-corrected chi connectivity index (χ4v) is 4.74. The third kappa shape index (κ3) is 3.90. The molecule has 0 saturated heterocycles. The molecule has 3 aromatic heterocycles. The topological polar surface area (TPSA) is 63.9 Å². The third-order valence-corrected chi connectivity index (χ3v) is 6.91. The van der Waals surface area contributed by atoms with E-state index < -0.39 is 0 Å². The van der Waals surface area contributed by atoms with Crippen LogP contribution >= 0.6 is 0 Å². The Morgan fingerprint density at radius 3 is 2.55 bits per heavy atom. The Hall–Kier alpha value is -3.54. The van der Waals surface area contributed by atoms with Crippen LogP contribution < -0.4 is 0 Å². The molecule has 4 aromatic rings. The standard InChI is InChI=1S/C27H27N5O/c1-18(20-7-8-20)32(22-9-10-22)27(33)23-15-25(21-5-3-2-4-6-21)30-26-24(23)16-29-31(26)17-19-11-13-28-14-12-19/h2-6,11-16,18,20,22H,7-10,17H2,1H3/t18-/m0/s1. The van der Waals surface area contributed by atoms with Crippen LogP contribution in [0.15, 0.2) is 67.1 Å². The van der Waals surface area contributed by atoms with Crippen LogP contribution in [0.5, 0.6) is 0 Å². The highest BCUT2D eigenvalue weighted by Crippen LogP contribution is 2.41. The fraction of sp³-hybridized carbons (Fsp3) is 0.333. The van der Waals surface area contributed by atoms with E-state index >= 15 is 0 Å². The van der Waals surface area contributed by atoms with Crippen LogP contribution in [-0.4, -0.2) is 42.6 Å². The van der Waals surface area contributed by atoms with Crippen molar-refractivity contribution in [1.29, 1.82) is 0 Å². The van der Waals surface area contributed by atoms with Crippen LogP contribution in [-0.2, 0) is 6.54 Å². The van der Waals surface area contributed by atoms with Crippen LogP contribution in [0.2, 0.25) is 0 Å². The van der Waals surface area contributed by atoms with Gasteiger partial charge in [-0.15, -0.1) is 0 Å². The zero-order valence-corrected chi connectivity index (χ0v) is 18.8. The van der Waals surface area contributed by atoms with Crippen molar-refractivity contribution in [2.45, 2.75) is 51.2 Å². The van der Waals surface area contributed by atoms with Gasteiger partial charge in [-0.3, -0.25) is 9.78 Å². The molecule has 0 radical (unpaired) electrons. The van der Waals surface area contributed by atoms with Gasteiger partial charge in [-0.2, -0.15) is 5.10 Å². The van der Waals surface area contributed by atoms with E-state index in [1.54, 1.807) is 18.6 Å². The number of rotatable bonds is 7. The van der Waals surface area contributed by atoms with E-state index in [4.69, 9.17) is 4.98 Å². The number of nitrogens with zero attached hydrogens (tertiary/aromatic N) is 5. The van der Waals surface area contributed by atoms with Crippen molar-refractivity contribution in [1.82, 2.24) is 24.6 Å². The van der Waals surface area contributed by atoms with Gasteiger partial charge in [0.1, 0.15) is 0 Å². The molecule has 6 rings (SSSR count). The number of hydrogen-bond donors (Lipinski definition) is 0. The van der Waals surface area contributed by atoms with Crippen molar-refractivity contribution in [3.63, 3.8) is 0 Å². The molecule has 3 heterocycles. The normalized spacial score (nSPS) is 16.6. The Kier molecular flexibility index (Phi) is 4.93. The largest absolute Gasteiger partial charge is 0.333 e. The molecule has 1 atom stereocenters. The maximum Gasteiger partial charge on any atom is 0.255 e. The summed E-state index contributed by atoms with van der Waals surface area (Å²) in [4.78, 5) is 25.3. The fourth-order valence-electron chi connectivity index (χ4n) is 4.74. The lowest BCUT2D eigenvalue weighted by atomic mass is 10.0. The molecule has 0 N–H and O–H groups in total. The van der Waals surface area contributed by atoms with Crippen LogP contribution in [0.1, 0.15) is 48.5 Å². The Morgan fingerprint density at radius 2 is 1.85 bits per heavy atom. The van der Waals surface area contributed by atoms with Gasteiger partial charge < -0.3 is 4.90 Å². The predicted molar refractivity (Wildman–Crippen MR) is 128 cm³/mol. The molecular formula is C27H27N5O. The summed E-state index contributed by atoms with van der Waals surface area (Å²) >= 11 is 0. The highest BCUT2D eigenvalue weighted by molar-refractivity contribution is 6.06. The summed E-state index contributed by atoms with van der Waals surface area (Å²) in [6.45, 7) is 2.80. The number of benzene rings is 1. The molecule has 2 aliphatic carbocycles. The zero-order chi connectivity index (χ0) is 22.4. The lowest BCUT2D eigenvalue weighted by molar-refractivity contribution is 0.0656. The van der Waals surface area contributed by atoms with Gasteiger partial charge in [0.2, 0.25) is 0 Å². The number of aromatic nitrogens is 4. The summed E-state index contributed by atoms with van der Waals surface area (Å²) in [7, 11) is 0. The number of carbonyl (C=O) groups excluding carboxylic acids is 1. The first-order chi connectivity index (χ1) is 16.2. The van der Waals surface area contributed by atoms with Gasteiger partial charge >= 0.3 is 0 Å². The van der Waals surface area contributed by atoms with Crippen LogP contribution in [0, 0.1) is 5.92 Å². The smallest absolute Gasteiger partial charge is 0.255 e. The monoisotopic (exact) mass is 437 g/mol. The first-order valence-electron chi connectivity index (χ1n) is 11.8. The van der Waals surface area contributed by atoms with Gasteiger partial charge in [0.25, 0.3) is 5.91 Å². The van der Waals surface area contributed by atoms with E-state index in [0.29, 0.717) is 24.1 Å². The first-order valence-corrected chi connectivity index (χ1v) is 11.8. The lowest BCUT2D eigenvalue weighted by Gasteiger charge is -2.30. The van der Waals surface area contributed by atoms with E-state index in [1.165, 1.54) is 12.8 Å². The van der Waals surface area contributed by atoms with Gasteiger partial charge in [-0.25, -0.2) is 9.67 Å². The van der Waals surface area contributed by atoms with Gasteiger partial charge in [0.15, 0.2) is 5.65 Å². The van der Waals surface area contributed by atoms with Crippen LogP contribution in [0.25, 0.3) is 22.3 Å². The van der Waals surface area contributed by atoms with Crippen molar-refractivity contribution in [3.8, 4) is 11.3 Å². The van der Waals surface area contributed by atoms with E-state index in [1.807, 2.05) is 53.2 Å². The van der Waals surface area contributed by atoms with Gasteiger partial charge in [0, 0.05) is 30.0 Å². The summed E-state index contributed by atoms with van der Waals surface area (Å²) in [5.41, 5.74) is 4.35. The first kappa shape index (κ1) is 20.1. The van der Waals surface area contributed by atoms with E-state index in [-0.39, 0.29) is 11.9 Å². The Labute approximate surface area is 193 Å². The molecule has 0 spiro atoms. The number of carbonyl (C=O) groups is 1. The number of pyridine rings is 2. The lowest BCUT2D eigenvalue weighted by Crippen LogP contribution is -2.41. The molecular weight excluding hydrogens is 410 g/mol. The number of hydrogen-bond acceptors (Lipinski definition) is 4. The molecule has 2 saturated carbocycles. The van der Waals surface area contributed by atoms with Crippen LogP contribution in [0.4, 0.5) is 0 Å². The average molecular weight is 438 g/mol. The second-order valence-electron chi connectivity index (χ2n) is 9.34. The number of amides is 1. The molecule has 166 valence electrons. The molecule has 0 bridgehead atoms. The van der Waals surface area contributed by atoms with Gasteiger partial charge in [-0.1, -0.05) is 30.3 Å². The van der Waals surface area contributed by atoms with E-state index in [2.05, 4.69) is 21.9 Å². The molecule has 1 aromatic carbocycles. The van der Waals surface area contributed by atoms with E-state index in [0.717, 1.165) is 40.7 Å². The van der Waals surface area contributed by atoms with Crippen molar-refractivity contribution < 1.29 is 4.79 Å². The summed E-state index contributed by atoms with van der Waals surface area (Å²) in [6, 6.07) is 16.6. The Bertz CT molecular complexity index is 1290. The molecule has 0 unspecified atom stereocenters. The SMILES string of the molecule is C[C@@H](C1CC1)N(C(=O)c1cc(-c2ccccc2)nc2c1cnn2Cc1ccncc1)C1CC1. The van der Waals surface area contributed by atoms with Crippen molar-refractivity contribution in [2.24, 2.45) is 5.92 Å². The summed E-state index contributed by atoms with van der Waals surface area (Å²) in [6.07, 6.45) is 10.0. The Balaban J connectivity index is 1.47. The average Bonchev–Trinajstić information content (AvgIpc) is 3.78. The minimum Gasteiger partial charge on any atom is -0.333 e. The molecule has 0 aliphatic heterocycles. The highest BCUT2D eigenvalue weighted by Gasteiger charge is 2.42. The number of fused-ring (bicyclic) bond motifs is 1. The zero-order valence-electron chi connectivity index (χ0n) is 18.8. The van der Waals surface area contributed by atoms with Gasteiger partial charge in [0.05, 0.1) is 29.4 Å². The quantitative estimate of drug-likeness (QED) is 0.411. The summed E-state index contributed by atoms with van der Waals surface area (Å²) in [5, 5.41) is 5.47. The molecule has 1 amide bonds. The summed E-state index contributed by atoms with van der Waals surface area (Å²) < 4.78 is 1.89. The predicted octanol–water partition coefficient (Wildman–Crippen LogP) is 4.94. The summed E-state index contributed by atoms with van der Waals surface area (Å²) in [5.74, 6) is 0.750.